The number of hydrogen-bond donors (Lipinski definition) is 1. The molecule has 0 aliphatic carbocycles. The van der Waals surface area contributed by atoms with E-state index in [0.29, 0.717) is 6.61 Å². The van der Waals surface area contributed by atoms with Crippen LogP contribution in [0.15, 0.2) is 18.2 Å². The van der Waals surface area contributed by atoms with Gasteiger partial charge in [0.15, 0.2) is 0 Å². The number of piperidine rings is 1. The molecule has 1 atom stereocenters. The first-order valence-corrected chi connectivity index (χ1v) is 8.24. The lowest BCUT2D eigenvalue weighted by Crippen LogP contribution is -2.34. The molecule has 1 N–H and O–H groups in total. The molecule has 0 aromatic heterocycles. The maximum absolute atomic E-state index is 10.5. The molecule has 1 heterocycles. The Morgan fingerprint density at radius 1 is 1.33 bits per heavy atom. The van der Waals surface area contributed by atoms with Crippen molar-refractivity contribution in [3.05, 3.63) is 29.3 Å². The molecule has 21 heavy (non-hydrogen) atoms. The van der Waals surface area contributed by atoms with Gasteiger partial charge in [0.25, 0.3) is 0 Å². The van der Waals surface area contributed by atoms with Crippen LogP contribution >= 0.6 is 0 Å². The molecule has 1 saturated heterocycles. The summed E-state index contributed by atoms with van der Waals surface area (Å²) in [6.45, 7) is 10.3. The van der Waals surface area contributed by atoms with Gasteiger partial charge in [-0.2, -0.15) is 0 Å². The highest BCUT2D eigenvalue weighted by Crippen LogP contribution is 2.29. The number of aliphatic hydroxyl groups excluding tert-OH is 1. The van der Waals surface area contributed by atoms with E-state index in [9.17, 15) is 5.11 Å². The van der Waals surface area contributed by atoms with Crippen LogP contribution in [0.2, 0.25) is 0 Å². The lowest BCUT2D eigenvalue weighted by atomic mass is 9.98. The van der Waals surface area contributed by atoms with Gasteiger partial charge in [-0.05, 0) is 64.3 Å². The van der Waals surface area contributed by atoms with E-state index in [2.05, 4.69) is 18.7 Å². The molecule has 1 fully saturated rings. The summed E-state index contributed by atoms with van der Waals surface area (Å²) in [5.74, 6) is 1.68. The van der Waals surface area contributed by atoms with Gasteiger partial charge >= 0.3 is 0 Å². The van der Waals surface area contributed by atoms with Crippen molar-refractivity contribution >= 4 is 0 Å². The van der Waals surface area contributed by atoms with Gasteiger partial charge in [0.05, 0.1) is 12.7 Å². The molecule has 0 spiro atoms. The van der Waals surface area contributed by atoms with Crippen molar-refractivity contribution in [3.8, 4) is 5.75 Å². The standard InChI is InChI=1S/C18H29NO2/c1-4-21-18-6-5-15(3)13-16(18)17(20)9-12-19-10-7-14(2)8-11-19/h5-6,13-14,17,20H,4,7-12H2,1-3H3. The average Bonchev–Trinajstić information content (AvgIpc) is 2.48. The zero-order valence-corrected chi connectivity index (χ0v) is 13.6. The van der Waals surface area contributed by atoms with Crippen molar-refractivity contribution < 1.29 is 9.84 Å². The van der Waals surface area contributed by atoms with Gasteiger partial charge in [-0.15, -0.1) is 0 Å². The molecule has 1 aromatic rings. The highest BCUT2D eigenvalue weighted by atomic mass is 16.5. The summed E-state index contributed by atoms with van der Waals surface area (Å²) in [4.78, 5) is 2.47. The summed E-state index contributed by atoms with van der Waals surface area (Å²) >= 11 is 0. The van der Waals surface area contributed by atoms with E-state index in [0.717, 1.165) is 30.2 Å². The largest absolute Gasteiger partial charge is 0.493 e. The van der Waals surface area contributed by atoms with E-state index in [4.69, 9.17) is 4.74 Å². The molecular formula is C18H29NO2. The minimum Gasteiger partial charge on any atom is -0.493 e. The van der Waals surface area contributed by atoms with Crippen LogP contribution in [0.5, 0.6) is 5.75 Å². The Kier molecular flexibility index (Phi) is 6.07. The fourth-order valence-corrected chi connectivity index (χ4v) is 2.96. The fraction of sp³-hybridized carbons (Fsp3) is 0.667. The van der Waals surface area contributed by atoms with Gasteiger partial charge in [-0.3, -0.25) is 0 Å². The van der Waals surface area contributed by atoms with Gasteiger partial charge in [0.1, 0.15) is 5.75 Å². The highest BCUT2D eigenvalue weighted by Gasteiger charge is 2.18. The van der Waals surface area contributed by atoms with Crippen molar-refractivity contribution in [2.24, 2.45) is 5.92 Å². The second-order valence-electron chi connectivity index (χ2n) is 6.30. The minimum atomic E-state index is -0.439. The van der Waals surface area contributed by atoms with Crippen LogP contribution in [0.1, 0.15) is 50.3 Å². The van der Waals surface area contributed by atoms with E-state index < -0.39 is 6.10 Å². The molecule has 0 amide bonds. The number of aryl methyl sites for hydroxylation is 1. The maximum Gasteiger partial charge on any atom is 0.125 e. The van der Waals surface area contributed by atoms with Crippen LogP contribution in [0.25, 0.3) is 0 Å². The van der Waals surface area contributed by atoms with Gasteiger partial charge in [-0.25, -0.2) is 0 Å². The van der Waals surface area contributed by atoms with Crippen LogP contribution in [-0.2, 0) is 0 Å². The second kappa shape index (κ2) is 7.81. The normalized spacial score (nSPS) is 18.7. The number of aliphatic hydroxyl groups is 1. The topological polar surface area (TPSA) is 32.7 Å². The van der Waals surface area contributed by atoms with E-state index in [-0.39, 0.29) is 0 Å². The number of hydrogen-bond acceptors (Lipinski definition) is 3. The smallest absolute Gasteiger partial charge is 0.125 e. The van der Waals surface area contributed by atoms with Gasteiger partial charge in [-0.1, -0.05) is 18.6 Å². The molecule has 0 saturated carbocycles. The molecular weight excluding hydrogens is 262 g/mol. The van der Waals surface area contributed by atoms with Crippen molar-refractivity contribution in [1.82, 2.24) is 4.90 Å². The zero-order chi connectivity index (χ0) is 15.2. The second-order valence-corrected chi connectivity index (χ2v) is 6.30. The van der Waals surface area contributed by atoms with Gasteiger partial charge < -0.3 is 14.7 Å². The number of ether oxygens (including phenoxy) is 1. The Hall–Kier alpha value is -1.06. The van der Waals surface area contributed by atoms with Crippen molar-refractivity contribution in [2.75, 3.05) is 26.2 Å². The zero-order valence-electron chi connectivity index (χ0n) is 13.6. The fourth-order valence-electron chi connectivity index (χ4n) is 2.96. The van der Waals surface area contributed by atoms with Crippen molar-refractivity contribution in [1.29, 1.82) is 0 Å². The number of benzene rings is 1. The molecule has 118 valence electrons. The Morgan fingerprint density at radius 2 is 2.05 bits per heavy atom. The molecule has 1 aliphatic rings. The Labute approximate surface area is 128 Å². The summed E-state index contributed by atoms with van der Waals surface area (Å²) in [6.07, 6.45) is 2.90. The van der Waals surface area contributed by atoms with Crippen molar-refractivity contribution in [2.45, 2.75) is 46.1 Å². The van der Waals surface area contributed by atoms with E-state index >= 15 is 0 Å². The van der Waals surface area contributed by atoms with Crippen molar-refractivity contribution in [3.63, 3.8) is 0 Å². The van der Waals surface area contributed by atoms with Crippen LogP contribution in [-0.4, -0.2) is 36.2 Å². The van der Waals surface area contributed by atoms with Crippen LogP contribution in [0, 0.1) is 12.8 Å². The quantitative estimate of drug-likeness (QED) is 0.870. The summed E-state index contributed by atoms with van der Waals surface area (Å²) in [7, 11) is 0. The highest BCUT2D eigenvalue weighted by molar-refractivity contribution is 5.38. The predicted molar refractivity (Wildman–Crippen MR) is 86.8 cm³/mol. The molecule has 0 bridgehead atoms. The molecule has 1 unspecified atom stereocenters. The Balaban J connectivity index is 1.93. The minimum absolute atomic E-state index is 0.439. The lowest BCUT2D eigenvalue weighted by Gasteiger charge is -2.30. The molecule has 1 aliphatic heterocycles. The lowest BCUT2D eigenvalue weighted by molar-refractivity contribution is 0.122. The van der Waals surface area contributed by atoms with Crippen LogP contribution < -0.4 is 4.74 Å². The van der Waals surface area contributed by atoms with Gasteiger partial charge in [0, 0.05) is 12.1 Å². The summed E-state index contributed by atoms with van der Waals surface area (Å²) in [5, 5.41) is 10.5. The average molecular weight is 291 g/mol. The molecule has 3 heteroatoms. The van der Waals surface area contributed by atoms with Crippen LogP contribution in [0.4, 0.5) is 0 Å². The maximum atomic E-state index is 10.5. The molecule has 3 nitrogen and oxygen atoms in total. The Bertz CT molecular complexity index is 439. The SMILES string of the molecule is CCOc1ccc(C)cc1C(O)CCN1CCC(C)CC1. The summed E-state index contributed by atoms with van der Waals surface area (Å²) < 4.78 is 5.65. The monoisotopic (exact) mass is 291 g/mol. The molecule has 0 radical (unpaired) electrons. The third-order valence-corrected chi connectivity index (χ3v) is 4.42. The first-order valence-electron chi connectivity index (χ1n) is 8.24. The first kappa shape index (κ1) is 16.3. The van der Waals surface area contributed by atoms with E-state index in [1.165, 1.54) is 31.5 Å². The first-order chi connectivity index (χ1) is 10.1. The number of likely N-dealkylation sites (tertiary alicyclic amines) is 1. The summed E-state index contributed by atoms with van der Waals surface area (Å²) in [5.41, 5.74) is 2.10. The third-order valence-electron chi connectivity index (χ3n) is 4.42. The van der Waals surface area contributed by atoms with E-state index in [1.54, 1.807) is 0 Å². The molecule has 2 rings (SSSR count). The van der Waals surface area contributed by atoms with Gasteiger partial charge in [0.2, 0.25) is 0 Å². The third kappa shape index (κ3) is 4.72. The predicted octanol–water partition coefficient (Wildman–Crippen LogP) is 3.55. The van der Waals surface area contributed by atoms with Crippen LogP contribution in [0.3, 0.4) is 0 Å². The number of rotatable bonds is 6. The molecule has 1 aromatic carbocycles. The van der Waals surface area contributed by atoms with E-state index in [1.807, 2.05) is 25.1 Å². The summed E-state index contributed by atoms with van der Waals surface area (Å²) in [6, 6.07) is 6.06. The Morgan fingerprint density at radius 3 is 2.71 bits per heavy atom. The number of nitrogens with zero attached hydrogens (tertiary/aromatic N) is 1.